The minimum atomic E-state index is -4.92. The summed E-state index contributed by atoms with van der Waals surface area (Å²) in [5.41, 5.74) is 0.589. The molecule has 2 aromatic heterocycles. The van der Waals surface area contributed by atoms with Crippen molar-refractivity contribution in [1.29, 1.82) is 0 Å². The Morgan fingerprint density at radius 3 is 2.56 bits per heavy atom. The van der Waals surface area contributed by atoms with Crippen molar-refractivity contribution in [3.63, 3.8) is 0 Å². The van der Waals surface area contributed by atoms with Crippen LogP contribution in [0.3, 0.4) is 0 Å². The van der Waals surface area contributed by atoms with Crippen molar-refractivity contribution in [3.8, 4) is 5.69 Å². The van der Waals surface area contributed by atoms with Crippen molar-refractivity contribution < 1.29 is 18.0 Å². The molecule has 0 aliphatic heterocycles. The first-order valence-corrected chi connectivity index (χ1v) is 4.80. The van der Waals surface area contributed by atoms with E-state index in [0.717, 1.165) is 6.20 Å². The van der Waals surface area contributed by atoms with Gasteiger partial charge >= 0.3 is 12.1 Å². The molecule has 0 aromatic carbocycles. The highest BCUT2D eigenvalue weighted by molar-refractivity contribution is 5.94. The van der Waals surface area contributed by atoms with E-state index in [2.05, 4.69) is 10.1 Å². The van der Waals surface area contributed by atoms with E-state index in [4.69, 9.17) is 0 Å². The number of anilines is 1. The number of carbonyl (C=O) groups is 1. The van der Waals surface area contributed by atoms with E-state index in [-0.39, 0.29) is 5.69 Å². The van der Waals surface area contributed by atoms with Gasteiger partial charge in [-0.25, -0.2) is 4.68 Å². The van der Waals surface area contributed by atoms with Crippen LogP contribution in [0.2, 0.25) is 0 Å². The van der Waals surface area contributed by atoms with Crippen LogP contribution in [0.5, 0.6) is 0 Å². The predicted molar refractivity (Wildman–Crippen MR) is 56.0 cm³/mol. The molecule has 0 fully saturated rings. The van der Waals surface area contributed by atoms with E-state index in [1.807, 2.05) is 0 Å². The number of carbonyl (C=O) groups excluding carboxylic acids is 1. The summed E-state index contributed by atoms with van der Waals surface area (Å²) in [6.45, 7) is 0. The first kappa shape index (κ1) is 12.1. The summed E-state index contributed by atoms with van der Waals surface area (Å²) >= 11 is 0. The fourth-order valence-electron chi connectivity index (χ4n) is 1.23. The van der Waals surface area contributed by atoms with Crippen LogP contribution in [0.15, 0.2) is 36.9 Å². The molecule has 0 bridgehead atoms. The van der Waals surface area contributed by atoms with Gasteiger partial charge in [0.05, 0.1) is 23.8 Å². The number of pyridine rings is 1. The summed E-state index contributed by atoms with van der Waals surface area (Å²) in [6.07, 6.45) is 0.526. The van der Waals surface area contributed by atoms with Gasteiger partial charge in [0, 0.05) is 12.4 Å². The standard InChI is InChI=1S/C10H7F3N4O/c11-10(12,13)9(18)16-7-5-15-17(6-7)8-1-3-14-4-2-8/h1-6H,(H,16,18). The van der Waals surface area contributed by atoms with E-state index in [1.54, 1.807) is 17.4 Å². The Kier molecular flexibility index (Phi) is 3.00. The number of rotatable bonds is 2. The highest BCUT2D eigenvalue weighted by Crippen LogP contribution is 2.18. The molecular formula is C10H7F3N4O. The van der Waals surface area contributed by atoms with E-state index in [9.17, 15) is 18.0 Å². The first-order valence-electron chi connectivity index (χ1n) is 4.80. The van der Waals surface area contributed by atoms with Crippen molar-refractivity contribution in [1.82, 2.24) is 14.8 Å². The number of hydrogen-bond acceptors (Lipinski definition) is 3. The van der Waals surface area contributed by atoms with Crippen LogP contribution >= 0.6 is 0 Å². The van der Waals surface area contributed by atoms with Crippen LogP contribution in [0.4, 0.5) is 18.9 Å². The van der Waals surface area contributed by atoms with Crippen molar-refractivity contribution in [2.45, 2.75) is 6.18 Å². The van der Waals surface area contributed by atoms with E-state index >= 15 is 0 Å². The molecule has 0 radical (unpaired) electrons. The first-order chi connectivity index (χ1) is 8.47. The zero-order chi connectivity index (χ0) is 13.2. The van der Waals surface area contributed by atoms with Crippen LogP contribution in [-0.2, 0) is 4.79 Å². The Morgan fingerprint density at radius 1 is 1.28 bits per heavy atom. The molecule has 2 aromatic rings. The average molecular weight is 256 g/mol. The fraction of sp³-hybridized carbons (Fsp3) is 0.100. The molecule has 1 N–H and O–H groups in total. The molecule has 2 heterocycles. The summed E-state index contributed by atoms with van der Waals surface area (Å²) in [5.74, 6) is -2.03. The second kappa shape index (κ2) is 4.47. The maximum Gasteiger partial charge on any atom is 0.471 e. The van der Waals surface area contributed by atoms with Gasteiger partial charge in [-0.3, -0.25) is 9.78 Å². The Labute approximate surface area is 99.3 Å². The third-order valence-electron chi connectivity index (χ3n) is 2.03. The van der Waals surface area contributed by atoms with Crippen molar-refractivity contribution in [2.75, 3.05) is 5.32 Å². The summed E-state index contributed by atoms with van der Waals surface area (Å²) in [7, 11) is 0. The van der Waals surface area contributed by atoms with E-state index in [0.29, 0.717) is 5.69 Å². The SMILES string of the molecule is O=C(Nc1cnn(-c2ccncc2)c1)C(F)(F)F. The second-order valence-corrected chi connectivity index (χ2v) is 3.33. The smallest absolute Gasteiger partial charge is 0.316 e. The molecule has 0 atom stereocenters. The zero-order valence-electron chi connectivity index (χ0n) is 8.85. The number of hydrogen-bond donors (Lipinski definition) is 1. The van der Waals surface area contributed by atoms with Gasteiger partial charge in [-0.05, 0) is 12.1 Å². The van der Waals surface area contributed by atoms with Crippen LogP contribution in [0, 0.1) is 0 Å². The van der Waals surface area contributed by atoms with Gasteiger partial charge in [-0.2, -0.15) is 18.3 Å². The van der Waals surface area contributed by atoms with Crippen LogP contribution in [0.25, 0.3) is 5.69 Å². The monoisotopic (exact) mass is 256 g/mol. The number of aromatic nitrogens is 3. The van der Waals surface area contributed by atoms with Gasteiger partial charge in [-0.15, -0.1) is 0 Å². The Balaban J connectivity index is 2.15. The normalized spacial score (nSPS) is 11.3. The van der Waals surface area contributed by atoms with Gasteiger partial charge in [0.2, 0.25) is 0 Å². The maximum atomic E-state index is 12.0. The summed E-state index contributed by atoms with van der Waals surface area (Å²) in [5, 5.41) is 5.54. The number of nitrogens with one attached hydrogen (secondary N) is 1. The number of nitrogens with zero attached hydrogens (tertiary/aromatic N) is 3. The van der Waals surface area contributed by atoms with Crippen LogP contribution in [-0.4, -0.2) is 26.8 Å². The van der Waals surface area contributed by atoms with Gasteiger partial charge in [0.25, 0.3) is 0 Å². The lowest BCUT2D eigenvalue weighted by molar-refractivity contribution is -0.167. The van der Waals surface area contributed by atoms with Gasteiger partial charge in [0.1, 0.15) is 0 Å². The van der Waals surface area contributed by atoms with Crippen LogP contribution in [0.1, 0.15) is 0 Å². The van der Waals surface area contributed by atoms with Crippen molar-refractivity contribution in [3.05, 3.63) is 36.9 Å². The Hall–Kier alpha value is -2.38. The van der Waals surface area contributed by atoms with Crippen molar-refractivity contribution >= 4 is 11.6 Å². The third kappa shape index (κ3) is 2.65. The van der Waals surface area contributed by atoms with Gasteiger partial charge < -0.3 is 5.32 Å². The lowest BCUT2D eigenvalue weighted by atomic mass is 10.4. The molecule has 1 amide bonds. The fourth-order valence-corrected chi connectivity index (χ4v) is 1.23. The minimum absolute atomic E-state index is 0.0332. The minimum Gasteiger partial charge on any atom is -0.316 e. The zero-order valence-corrected chi connectivity index (χ0v) is 8.85. The number of halogens is 3. The lowest BCUT2D eigenvalue weighted by Gasteiger charge is -2.05. The Morgan fingerprint density at radius 2 is 1.94 bits per heavy atom. The summed E-state index contributed by atoms with van der Waals surface area (Å²) < 4.78 is 37.4. The molecule has 0 aliphatic carbocycles. The largest absolute Gasteiger partial charge is 0.471 e. The van der Waals surface area contributed by atoms with Crippen LogP contribution < -0.4 is 5.32 Å². The third-order valence-corrected chi connectivity index (χ3v) is 2.03. The maximum absolute atomic E-state index is 12.0. The molecular weight excluding hydrogens is 249 g/mol. The molecule has 8 heteroatoms. The Bertz CT molecular complexity index is 550. The van der Waals surface area contributed by atoms with Gasteiger partial charge in [0.15, 0.2) is 0 Å². The molecule has 0 unspecified atom stereocenters. The van der Waals surface area contributed by atoms with E-state index < -0.39 is 12.1 Å². The van der Waals surface area contributed by atoms with Gasteiger partial charge in [-0.1, -0.05) is 0 Å². The molecule has 94 valence electrons. The second-order valence-electron chi connectivity index (χ2n) is 3.33. The van der Waals surface area contributed by atoms with Crippen molar-refractivity contribution in [2.24, 2.45) is 0 Å². The summed E-state index contributed by atoms with van der Waals surface area (Å²) in [4.78, 5) is 14.5. The molecule has 0 saturated carbocycles. The molecule has 18 heavy (non-hydrogen) atoms. The summed E-state index contributed by atoms with van der Waals surface area (Å²) in [6, 6.07) is 3.25. The average Bonchev–Trinajstić information content (AvgIpc) is 2.77. The number of alkyl halides is 3. The lowest BCUT2D eigenvalue weighted by Crippen LogP contribution is -2.29. The van der Waals surface area contributed by atoms with E-state index in [1.165, 1.54) is 23.3 Å². The molecule has 0 spiro atoms. The molecule has 5 nitrogen and oxygen atoms in total. The predicted octanol–water partition coefficient (Wildman–Crippen LogP) is 1.77. The highest BCUT2D eigenvalue weighted by atomic mass is 19.4. The number of amides is 1. The molecule has 2 rings (SSSR count). The molecule has 0 aliphatic rings. The molecule has 0 saturated heterocycles. The topological polar surface area (TPSA) is 59.8 Å². The highest BCUT2D eigenvalue weighted by Gasteiger charge is 2.38. The quantitative estimate of drug-likeness (QED) is 0.890.